The van der Waals surface area contributed by atoms with E-state index >= 15 is 0 Å². The average Bonchev–Trinajstić information content (AvgIpc) is 2.51. The van der Waals surface area contributed by atoms with Gasteiger partial charge < -0.3 is 0 Å². The zero-order chi connectivity index (χ0) is 15.0. The third-order valence-corrected chi connectivity index (χ3v) is 3.26. The summed E-state index contributed by atoms with van der Waals surface area (Å²) in [4.78, 5) is 12.2. The zero-order valence-corrected chi connectivity index (χ0v) is 10.7. The van der Waals surface area contributed by atoms with Gasteiger partial charge in [0.25, 0.3) is 0 Å². The zero-order valence-electron chi connectivity index (χ0n) is 10.7. The Morgan fingerprint density at radius 3 is 2.00 bits per heavy atom. The van der Waals surface area contributed by atoms with Gasteiger partial charge in [-0.2, -0.15) is 0 Å². The summed E-state index contributed by atoms with van der Waals surface area (Å²) in [5.74, 6) is -4.89. The molecule has 0 N–H and O–H groups in total. The van der Waals surface area contributed by atoms with E-state index in [2.05, 4.69) is 0 Å². The van der Waals surface area contributed by atoms with Crippen molar-refractivity contribution in [2.24, 2.45) is 0 Å². The first kappa shape index (κ1) is 13.4. The summed E-state index contributed by atoms with van der Waals surface area (Å²) in [6.07, 6.45) is 0. The van der Waals surface area contributed by atoms with Crippen LogP contribution in [-0.4, -0.2) is 5.78 Å². The second kappa shape index (κ2) is 5.05. The van der Waals surface area contributed by atoms with E-state index in [9.17, 15) is 18.0 Å². The lowest BCUT2D eigenvalue weighted by Gasteiger charge is -2.05. The quantitative estimate of drug-likeness (QED) is 0.501. The number of carbonyl (C=O) groups is 1. The SMILES string of the molecule is O=C(c1cc(F)c(F)c(F)c1)c1ccc2ccccc2c1. The lowest BCUT2D eigenvalue weighted by Crippen LogP contribution is -2.04. The predicted octanol–water partition coefficient (Wildman–Crippen LogP) is 4.49. The Balaban J connectivity index is 2.08. The van der Waals surface area contributed by atoms with Crippen LogP contribution in [-0.2, 0) is 0 Å². The molecule has 4 heteroatoms. The first-order chi connectivity index (χ1) is 10.1. The lowest BCUT2D eigenvalue weighted by molar-refractivity contribution is 0.103. The highest BCUT2D eigenvalue weighted by atomic mass is 19.2. The summed E-state index contributed by atoms with van der Waals surface area (Å²) in [6, 6.07) is 13.8. The molecule has 0 aliphatic rings. The van der Waals surface area contributed by atoms with Crippen molar-refractivity contribution in [2.45, 2.75) is 0 Å². The molecule has 0 radical (unpaired) electrons. The summed E-state index contributed by atoms with van der Waals surface area (Å²) in [5.41, 5.74) is 0.0702. The average molecular weight is 286 g/mol. The fraction of sp³-hybridized carbons (Fsp3) is 0. The predicted molar refractivity (Wildman–Crippen MR) is 73.7 cm³/mol. The smallest absolute Gasteiger partial charge is 0.194 e. The highest BCUT2D eigenvalue weighted by Crippen LogP contribution is 2.20. The van der Waals surface area contributed by atoms with E-state index in [-0.39, 0.29) is 5.56 Å². The van der Waals surface area contributed by atoms with Crippen molar-refractivity contribution in [3.63, 3.8) is 0 Å². The van der Waals surface area contributed by atoms with E-state index in [1.54, 1.807) is 18.2 Å². The molecule has 1 nitrogen and oxygen atoms in total. The molecule has 0 atom stereocenters. The topological polar surface area (TPSA) is 17.1 Å². The molecule has 104 valence electrons. The molecule has 0 saturated carbocycles. The largest absolute Gasteiger partial charge is 0.289 e. The van der Waals surface area contributed by atoms with E-state index in [0.717, 1.165) is 10.8 Å². The van der Waals surface area contributed by atoms with Crippen LogP contribution in [0.25, 0.3) is 10.8 Å². The van der Waals surface area contributed by atoms with Gasteiger partial charge in [0, 0.05) is 11.1 Å². The van der Waals surface area contributed by atoms with Crippen molar-refractivity contribution in [1.82, 2.24) is 0 Å². The highest BCUT2D eigenvalue weighted by molar-refractivity contribution is 6.10. The fourth-order valence-corrected chi connectivity index (χ4v) is 2.18. The molecular formula is C17H9F3O. The van der Waals surface area contributed by atoms with Crippen LogP contribution in [0.15, 0.2) is 54.6 Å². The first-order valence-electron chi connectivity index (χ1n) is 6.24. The summed E-state index contributed by atoms with van der Waals surface area (Å²) < 4.78 is 39.3. The summed E-state index contributed by atoms with van der Waals surface area (Å²) in [7, 11) is 0. The normalized spacial score (nSPS) is 10.8. The minimum Gasteiger partial charge on any atom is -0.289 e. The van der Waals surface area contributed by atoms with Gasteiger partial charge in [-0.15, -0.1) is 0 Å². The van der Waals surface area contributed by atoms with Crippen molar-refractivity contribution >= 4 is 16.6 Å². The lowest BCUT2D eigenvalue weighted by atomic mass is 10.00. The number of hydrogen-bond acceptors (Lipinski definition) is 1. The van der Waals surface area contributed by atoms with Crippen molar-refractivity contribution < 1.29 is 18.0 Å². The van der Waals surface area contributed by atoms with Gasteiger partial charge in [0.2, 0.25) is 0 Å². The van der Waals surface area contributed by atoms with Gasteiger partial charge in [-0.3, -0.25) is 4.79 Å². The van der Waals surface area contributed by atoms with E-state index < -0.39 is 23.2 Å². The minimum absolute atomic E-state index is 0.221. The van der Waals surface area contributed by atoms with E-state index in [1.807, 2.05) is 24.3 Å². The van der Waals surface area contributed by atoms with Gasteiger partial charge >= 0.3 is 0 Å². The van der Waals surface area contributed by atoms with E-state index in [0.29, 0.717) is 17.7 Å². The van der Waals surface area contributed by atoms with Crippen LogP contribution < -0.4 is 0 Å². The summed E-state index contributed by atoms with van der Waals surface area (Å²) >= 11 is 0. The molecule has 21 heavy (non-hydrogen) atoms. The number of carbonyl (C=O) groups excluding carboxylic acids is 1. The van der Waals surface area contributed by atoms with Crippen LogP contribution >= 0.6 is 0 Å². The van der Waals surface area contributed by atoms with Crippen molar-refractivity contribution in [3.05, 3.63) is 83.2 Å². The molecule has 0 spiro atoms. The van der Waals surface area contributed by atoms with E-state index in [4.69, 9.17) is 0 Å². The van der Waals surface area contributed by atoms with Crippen LogP contribution in [0.3, 0.4) is 0 Å². The molecular weight excluding hydrogens is 277 g/mol. The van der Waals surface area contributed by atoms with Crippen LogP contribution in [0.2, 0.25) is 0 Å². The molecule has 0 saturated heterocycles. The van der Waals surface area contributed by atoms with Gasteiger partial charge in [-0.05, 0) is 29.0 Å². The first-order valence-corrected chi connectivity index (χ1v) is 6.24. The Labute approximate surface area is 118 Å². The molecule has 3 rings (SSSR count). The summed E-state index contributed by atoms with van der Waals surface area (Å²) in [6.45, 7) is 0. The molecule has 0 amide bonds. The Bertz CT molecular complexity index is 833. The minimum atomic E-state index is -1.58. The summed E-state index contributed by atoms with van der Waals surface area (Å²) in [5, 5.41) is 1.79. The van der Waals surface area contributed by atoms with Gasteiger partial charge in [-0.25, -0.2) is 13.2 Å². The Morgan fingerprint density at radius 1 is 0.714 bits per heavy atom. The Morgan fingerprint density at radius 2 is 1.33 bits per heavy atom. The third kappa shape index (κ3) is 2.40. The molecule has 0 bridgehead atoms. The van der Waals surface area contributed by atoms with Crippen molar-refractivity contribution in [1.29, 1.82) is 0 Å². The number of halogens is 3. The molecule has 0 aromatic heterocycles. The van der Waals surface area contributed by atoms with Crippen LogP contribution in [0.1, 0.15) is 15.9 Å². The van der Waals surface area contributed by atoms with Crippen LogP contribution in [0.4, 0.5) is 13.2 Å². The molecule has 0 unspecified atom stereocenters. The van der Waals surface area contributed by atoms with Gasteiger partial charge in [0.15, 0.2) is 23.2 Å². The maximum atomic E-state index is 13.2. The number of fused-ring (bicyclic) bond motifs is 1. The number of hydrogen-bond donors (Lipinski definition) is 0. The Hall–Kier alpha value is -2.62. The van der Waals surface area contributed by atoms with Crippen LogP contribution in [0, 0.1) is 17.5 Å². The van der Waals surface area contributed by atoms with E-state index in [1.165, 1.54) is 0 Å². The second-order valence-corrected chi connectivity index (χ2v) is 4.64. The van der Waals surface area contributed by atoms with Crippen molar-refractivity contribution in [2.75, 3.05) is 0 Å². The number of benzene rings is 3. The Kier molecular flexibility index (Phi) is 3.22. The molecule has 0 aliphatic heterocycles. The number of rotatable bonds is 2. The van der Waals surface area contributed by atoms with Gasteiger partial charge in [-0.1, -0.05) is 36.4 Å². The maximum Gasteiger partial charge on any atom is 0.194 e. The fourth-order valence-electron chi connectivity index (χ4n) is 2.18. The molecule has 0 heterocycles. The number of ketones is 1. The molecule has 0 aliphatic carbocycles. The van der Waals surface area contributed by atoms with Crippen LogP contribution in [0.5, 0.6) is 0 Å². The maximum absolute atomic E-state index is 13.2. The third-order valence-electron chi connectivity index (χ3n) is 3.26. The van der Waals surface area contributed by atoms with Gasteiger partial charge in [0.1, 0.15) is 0 Å². The second-order valence-electron chi connectivity index (χ2n) is 4.64. The molecule has 3 aromatic carbocycles. The standard InChI is InChI=1S/C17H9F3O/c18-14-8-13(9-15(19)16(14)20)17(21)12-6-5-10-3-1-2-4-11(10)7-12/h1-9H. The van der Waals surface area contributed by atoms with Crippen molar-refractivity contribution in [3.8, 4) is 0 Å². The molecule has 0 fully saturated rings. The molecule has 3 aromatic rings. The van der Waals surface area contributed by atoms with Gasteiger partial charge in [0.05, 0.1) is 0 Å². The monoisotopic (exact) mass is 286 g/mol. The highest BCUT2D eigenvalue weighted by Gasteiger charge is 2.16.